The second kappa shape index (κ2) is 5.80. The highest BCUT2D eigenvalue weighted by molar-refractivity contribution is 5.60. The quantitative estimate of drug-likeness (QED) is 0.665. The molecule has 8 nitrogen and oxygen atoms in total. The summed E-state index contributed by atoms with van der Waals surface area (Å²) in [5.41, 5.74) is -0.0378. The Morgan fingerprint density at radius 2 is 2.43 bits per heavy atom. The molecule has 0 aromatic carbocycles. The van der Waals surface area contributed by atoms with Gasteiger partial charge in [0.25, 0.3) is 0 Å². The number of hydrogen-bond donors (Lipinski definition) is 1. The minimum Gasteiger partial charge on any atom is -0.374 e. The molecular weight excluding hydrogens is 274 g/mol. The first-order chi connectivity index (χ1) is 10.2. The summed E-state index contributed by atoms with van der Waals surface area (Å²) < 4.78 is 5.76. The maximum absolute atomic E-state index is 11.3. The van der Waals surface area contributed by atoms with Gasteiger partial charge in [0.1, 0.15) is 6.20 Å². The second-order valence-electron chi connectivity index (χ2n) is 5.29. The van der Waals surface area contributed by atoms with Crippen LogP contribution >= 0.6 is 0 Å². The van der Waals surface area contributed by atoms with E-state index in [4.69, 9.17) is 4.74 Å². The average molecular weight is 293 g/mol. The highest BCUT2D eigenvalue weighted by Gasteiger charge is 2.39. The monoisotopic (exact) mass is 293 g/mol. The summed E-state index contributed by atoms with van der Waals surface area (Å²) in [6, 6.07) is 0.182. The molecule has 1 aromatic rings. The first-order valence-corrected chi connectivity index (χ1v) is 7.34. The number of anilines is 2. The van der Waals surface area contributed by atoms with Crippen molar-refractivity contribution in [2.75, 3.05) is 29.9 Å². The number of nitrogens with zero attached hydrogens (tertiary/aromatic N) is 4. The van der Waals surface area contributed by atoms with E-state index >= 15 is 0 Å². The molecule has 21 heavy (non-hydrogen) atoms. The number of morpholine rings is 1. The predicted molar refractivity (Wildman–Crippen MR) is 77.6 cm³/mol. The Morgan fingerprint density at radius 3 is 3.19 bits per heavy atom. The fraction of sp³-hybridized carbons (Fsp3) is 0.692. The van der Waals surface area contributed by atoms with E-state index in [-0.39, 0.29) is 17.8 Å². The number of aromatic nitrogens is 2. The van der Waals surface area contributed by atoms with E-state index < -0.39 is 4.92 Å². The standard InChI is InChI=1S/C13H19N5O3/c1-2-14-13-15-8-10(18(19)20)12(16-13)17-6-7-21-11-5-3-4-9(11)17/h8-9,11H,2-7H2,1H3,(H,14,15,16). The fourth-order valence-electron chi connectivity index (χ4n) is 3.14. The third-order valence-corrected chi connectivity index (χ3v) is 4.04. The Morgan fingerprint density at radius 1 is 1.57 bits per heavy atom. The van der Waals surface area contributed by atoms with E-state index in [2.05, 4.69) is 15.3 Å². The molecule has 0 bridgehead atoms. The van der Waals surface area contributed by atoms with E-state index in [1.165, 1.54) is 6.20 Å². The summed E-state index contributed by atoms with van der Waals surface area (Å²) in [4.78, 5) is 21.3. The van der Waals surface area contributed by atoms with Crippen LogP contribution in [-0.2, 0) is 4.74 Å². The van der Waals surface area contributed by atoms with E-state index in [1.807, 2.05) is 11.8 Å². The minimum atomic E-state index is -0.412. The molecule has 1 saturated heterocycles. The first kappa shape index (κ1) is 14.0. The van der Waals surface area contributed by atoms with Gasteiger partial charge in [-0.15, -0.1) is 0 Å². The molecule has 3 rings (SSSR count). The molecule has 1 saturated carbocycles. The first-order valence-electron chi connectivity index (χ1n) is 7.34. The highest BCUT2D eigenvalue weighted by atomic mass is 16.6. The van der Waals surface area contributed by atoms with Crippen molar-refractivity contribution in [1.29, 1.82) is 0 Å². The Labute approximate surface area is 122 Å². The highest BCUT2D eigenvalue weighted by Crippen LogP contribution is 2.36. The van der Waals surface area contributed by atoms with Crippen LogP contribution in [0.2, 0.25) is 0 Å². The van der Waals surface area contributed by atoms with Crippen molar-refractivity contribution in [2.24, 2.45) is 0 Å². The molecule has 2 aliphatic rings. The van der Waals surface area contributed by atoms with Crippen molar-refractivity contribution in [3.05, 3.63) is 16.3 Å². The van der Waals surface area contributed by atoms with Crippen molar-refractivity contribution in [3.8, 4) is 0 Å². The van der Waals surface area contributed by atoms with E-state index in [1.54, 1.807) is 0 Å². The Hall–Kier alpha value is -1.96. The van der Waals surface area contributed by atoms with Gasteiger partial charge in [-0.05, 0) is 26.2 Å². The van der Waals surface area contributed by atoms with Gasteiger partial charge in [0.15, 0.2) is 0 Å². The van der Waals surface area contributed by atoms with Crippen LogP contribution in [0.25, 0.3) is 0 Å². The van der Waals surface area contributed by atoms with Gasteiger partial charge in [0.05, 0.1) is 23.7 Å². The zero-order chi connectivity index (χ0) is 14.8. The molecular formula is C13H19N5O3. The van der Waals surface area contributed by atoms with Crippen LogP contribution in [-0.4, -0.2) is 46.7 Å². The van der Waals surface area contributed by atoms with Crippen molar-refractivity contribution in [1.82, 2.24) is 9.97 Å². The van der Waals surface area contributed by atoms with Crippen LogP contribution in [0.4, 0.5) is 17.5 Å². The van der Waals surface area contributed by atoms with Crippen LogP contribution in [0.3, 0.4) is 0 Å². The second-order valence-corrected chi connectivity index (χ2v) is 5.29. The normalized spacial score (nSPS) is 24.7. The number of nitro groups is 1. The van der Waals surface area contributed by atoms with Crippen molar-refractivity contribution in [3.63, 3.8) is 0 Å². The summed E-state index contributed by atoms with van der Waals surface area (Å²) in [5.74, 6) is 0.838. The molecule has 0 spiro atoms. The van der Waals surface area contributed by atoms with Crippen LogP contribution in [0.15, 0.2) is 6.20 Å². The Kier molecular flexibility index (Phi) is 3.87. The summed E-state index contributed by atoms with van der Waals surface area (Å²) in [6.07, 6.45) is 4.54. The molecule has 2 unspecified atom stereocenters. The number of fused-ring (bicyclic) bond motifs is 1. The van der Waals surface area contributed by atoms with Gasteiger partial charge in [0.2, 0.25) is 11.8 Å². The lowest BCUT2D eigenvalue weighted by molar-refractivity contribution is -0.384. The van der Waals surface area contributed by atoms with Crippen molar-refractivity contribution < 1.29 is 9.66 Å². The fourth-order valence-corrected chi connectivity index (χ4v) is 3.14. The summed E-state index contributed by atoms with van der Waals surface area (Å²) in [5, 5.41) is 14.3. The predicted octanol–water partition coefficient (Wildman–Crippen LogP) is 1.57. The number of ether oxygens (including phenoxy) is 1. The largest absolute Gasteiger partial charge is 0.374 e. The summed E-state index contributed by atoms with van der Waals surface area (Å²) >= 11 is 0. The van der Waals surface area contributed by atoms with Crippen LogP contribution in [0.1, 0.15) is 26.2 Å². The summed E-state index contributed by atoms with van der Waals surface area (Å²) in [6.45, 7) is 3.82. The Bertz CT molecular complexity index is 539. The molecule has 1 aliphatic heterocycles. The summed E-state index contributed by atoms with van der Waals surface area (Å²) in [7, 11) is 0. The molecule has 8 heteroatoms. The molecule has 0 amide bonds. The van der Waals surface area contributed by atoms with Crippen LogP contribution in [0.5, 0.6) is 0 Å². The number of rotatable bonds is 4. The number of hydrogen-bond acceptors (Lipinski definition) is 7. The van der Waals surface area contributed by atoms with Gasteiger partial charge < -0.3 is 15.0 Å². The third-order valence-electron chi connectivity index (χ3n) is 4.04. The molecule has 1 N–H and O–H groups in total. The zero-order valence-electron chi connectivity index (χ0n) is 12.0. The van der Waals surface area contributed by atoms with Crippen LogP contribution in [0, 0.1) is 10.1 Å². The van der Waals surface area contributed by atoms with E-state index in [0.717, 1.165) is 19.3 Å². The van der Waals surface area contributed by atoms with Gasteiger partial charge in [-0.3, -0.25) is 10.1 Å². The number of nitrogens with one attached hydrogen (secondary N) is 1. The van der Waals surface area contributed by atoms with Gasteiger partial charge in [-0.1, -0.05) is 0 Å². The molecule has 114 valence electrons. The minimum absolute atomic E-state index is 0.0378. The average Bonchev–Trinajstić information content (AvgIpc) is 2.95. The maximum atomic E-state index is 11.3. The van der Waals surface area contributed by atoms with E-state index in [0.29, 0.717) is 31.5 Å². The SMILES string of the molecule is CCNc1ncc([N+](=O)[O-])c(N2CCOC3CCCC32)n1. The van der Waals surface area contributed by atoms with Gasteiger partial charge in [-0.2, -0.15) is 4.98 Å². The molecule has 2 fully saturated rings. The molecule has 1 aromatic heterocycles. The lowest BCUT2D eigenvalue weighted by Crippen LogP contribution is -2.49. The molecule has 1 aliphatic carbocycles. The van der Waals surface area contributed by atoms with Gasteiger partial charge >= 0.3 is 5.69 Å². The topological polar surface area (TPSA) is 93.4 Å². The molecule has 0 radical (unpaired) electrons. The van der Waals surface area contributed by atoms with Crippen molar-refractivity contribution >= 4 is 17.5 Å². The molecule has 2 atom stereocenters. The Balaban J connectivity index is 1.97. The maximum Gasteiger partial charge on any atom is 0.329 e. The van der Waals surface area contributed by atoms with E-state index in [9.17, 15) is 10.1 Å². The smallest absolute Gasteiger partial charge is 0.329 e. The third kappa shape index (κ3) is 2.63. The van der Waals surface area contributed by atoms with Crippen LogP contribution < -0.4 is 10.2 Å². The van der Waals surface area contributed by atoms with Gasteiger partial charge in [-0.25, -0.2) is 4.98 Å². The van der Waals surface area contributed by atoms with Gasteiger partial charge in [0, 0.05) is 13.1 Å². The van der Waals surface area contributed by atoms with Crippen molar-refractivity contribution in [2.45, 2.75) is 38.3 Å². The lowest BCUT2D eigenvalue weighted by Gasteiger charge is -2.38. The zero-order valence-corrected chi connectivity index (χ0v) is 12.0. The molecule has 2 heterocycles. The lowest BCUT2D eigenvalue weighted by atomic mass is 10.1.